The van der Waals surface area contributed by atoms with Crippen molar-refractivity contribution in [2.45, 2.75) is 31.8 Å². The van der Waals surface area contributed by atoms with Gasteiger partial charge in [0.25, 0.3) is 0 Å². The van der Waals surface area contributed by atoms with E-state index in [1.54, 1.807) is 0 Å². The molecule has 0 amide bonds. The van der Waals surface area contributed by atoms with Gasteiger partial charge in [-0.3, -0.25) is 0 Å². The van der Waals surface area contributed by atoms with E-state index in [1.165, 1.54) is 0 Å². The number of hydrogen-bond acceptors (Lipinski definition) is 5. The van der Waals surface area contributed by atoms with Gasteiger partial charge in [-0.1, -0.05) is 0 Å². The van der Waals surface area contributed by atoms with E-state index in [0.29, 0.717) is 19.8 Å². The third kappa shape index (κ3) is 2.31. The molecule has 0 aliphatic carbocycles. The van der Waals surface area contributed by atoms with Gasteiger partial charge < -0.3 is 24.6 Å². The second-order valence-corrected chi connectivity index (χ2v) is 4.08. The lowest BCUT2D eigenvalue weighted by molar-refractivity contribution is -0.0974. The Bertz CT molecular complexity index is 256. The van der Waals surface area contributed by atoms with E-state index in [2.05, 4.69) is 0 Å². The molecule has 3 atom stereocenters. The van der Waals surface area contributed by atoms with E-state index >= 15 is 0 Å². The van der Waals surface area contributed by atoms with Crippen LogP contribution in [0.25, 0.3) is 0 Å². The van der Waals surface area contributed by atoms with Crippen molar-refractivity contribution in [2.24, 2.45) is 0 Å². The van der Waals surface area contributed by atoms with Crippen LogP contribution in [0.4, 0.5) is 0 Å². The Balaban J connectivity index is 1.98. The maximum absolute atomic E-state index is 9.58. The van der Waals surface area contributed by atoms with Crippen molar-refractivity contribution in [1.82, 2.24) is 4.90 Å². The number of nitrogens with zero attached hydrogens (tertiary/aromatic N) is 1. The molecule has 0 spiro atoms. The number of aliphatic hydroxyl groups is 2. The van der Waals surface area contributed by atoms with Crippen LogP contribution in [-0.4, -0.2) is 53.5 Å². The minimum absolute atomic E-state index is 0.144. The van der Waals surface area contributed by atoms with Gasteiger partial charge in [-0.2, -0.15) is 0 Å². The summed E-state index contributed by atoms with van der Waals surface area (Å²) in [5, 5.41) is 18.5. The first-order chi connectivity index (χ1) is 7.20. The minimum Gasteiger partial charge on any atom is -0.394 e. The summed E-state index contributed by atoms with van der Waals surface area (Å²) in [5.74, 6) is 0. The Morgan fingerprint density at radius 2 is 2.40 bits per heavy atom. The summed E-state index contributed by atoms with van der Waals surface area (Å²) in [5.41, 5.74) is 1.13. The molecule has 2 unspecified atom stereocenters. The topological polar surface area (TPSA) is 62.2 Å². The molecule has 5 heteroatoms. The molecule has 2 N–H and O–H groups in total. The third-order valence-electron chi connectivity index (χ3n) is 2.71. The maximum Gasteiger partial charge on any atom is 0.134 e. The van der Waals surface area contributed by atoms with E-state index in [0.717, 1.165) is 5.57 Å². The second kappa shape index (κ2) is 4.49. The molecule has 2 aliphatic rings. The summed E-state index contributed by atoms with van der Waals surface area (Å²) in [6, 6.07) is 0. The predicted octanol–water partition coefficient (Wildman–Crippen LogP) is -0.352. The molecule has 86 valence electrons. The van der Waals surface area contributed by atoms with E-state index < -0.39 is 12.2 Å². The van der Waals surface area contributed by atoms with Crippen LogP contribution in [0.2, 0.25) is 0 Å². The number of rotatable bonds is 2. The highest BCUT2D eigenvalue weighted by molar-refractivity contribution is 5.01. The van der Waals surface area contributed by atoms with E-state index in [4.69, 9.17) is 14.6 Å². The normalized spacial score (nSPS) is 36.9. The highest BCUT2D eigenvalue weighted by Gasteiger charge is 2.36. The lowest BCUT2D eigenvalue weighted by atomic mass is 10.2. The van der Waals surface area contributed by atoms with Crippen molar-refractivity contribution in [1.29, 1.82) is 0 Å². The van der Waals surface area contributed by atoms with Gasteiger partial charge in [0.15, 0.2) is 0 Å². The molecule has 0 aromatic carbocycles. The van der Waals surface area contributed by atoms with Gasteiger partial charge >= 0.3 is 0 Å². The first-order valence-corrected chi connectivity index (χ1v) is 5.16. The van der Waals surface area contributed by atoms with Crippen molar-refractivity contribution >= 4 is 0 Å². The quantitative estimate of drug-likeness (QED) is 0.659. The van der Waals surface area contributed by atoms with Gasteiger partial charge in [0.1, 0.15) is 19.1 Å². The monoisotopic (exact) mass is 215 g/mol. The van der Waals surface area contributed by atoms with Crippen LogP contribution in [0.5, 0.6) is 0 Å². The van der Waals surface area contributed by atoms with Gasteiger partial charge in [0.2, 0.25) is 0 Å². The van der Waals surface area contributed by atoms with Crippen LogP contribution in [0.1, 0.15) is 13.3 Å². The lowest BCUT2D eigenvalue weighted by Gasteiger charge is -2.30. The van der Waals surface area contributed by atoms with Gasteiger partial charge in [-0.15, -0.1) is 0 Å². The number of aliphatic hydroxyl groups excluding tert-OH is 2. The van der Waals surface area contributed by atoms with Gasteiger partial charge in [-0.25, -0.2) is 0 Å². The zero-order valence-electron chi connectivity index (χ0n) is 8.80. The smallest absolute Gasteiger partial charge is 0.134 e. The van der Waals surface area contributed by atoms with Gasteiger partial charge in [-0.05, 0) is 12.5 Å². The molecule has 0 aromatic rings. The zero-order valence-corrected chi connectivity index (χ0v) is 8.80. The summed E-state index contributed by atoms with van der Waals surface area (Å²) in [6.45, 7) is 2.97. The van der Waals surface area contributed by atoms with Crippen molar-refractivity contribution < 1.29 is 19.7 Å². The molecule has 1 saturated heterocycles. The Hall–Kier alpha value is -0.620. The Morgan fingerprint density at radius 1 is 1.60 bits per heavy atom. The molecule has 0 saturated carbocycles. The van der Waals surface area contributed by atoms with Crippen molar-refractivity contribution in [2.75, 3.05) is 19.9 Å². The van der Waals surface area contributed by atoms with E-state index in [-0.39, 0.29) is 12.8 Å². The molecule has 2 aliphatic heterocycles. The molecular formula is C10H17NO4. The fourth-order valence-electron chi connectivity index (χ4n) is 1.92. The predicted molar refractivity (Wildman–Crippen MR) is 52.8 cm³/mol. The average molecular weight is 215 g/mol. The van der Waals surface area contributed by atoms with Crippen LogP contribution in [-0.2, 0) is 9.47 Å². The molecule has 2 heterocycles. The summed E-state index contributed by atoms with van der Waals surface area (Å²) < 4.78 is 10.9. The van der Waals surface area contributed by atoms with Crippen molar-refractivity contribution in [3.8, 4) is 0 Å². The fraction of sp³-hybridized carbons (Fsp3) is 0.800. The molecule has 0 aromatic heterocycles. The largest absolute Gasteiger partial charge is 0.394 e. The lowest BCUT2D eigenvalue weighted by Crippen LogP contribution is -2.36. The first-order valence-electron chi connectivity index (χ1n) is 5.16. The van der Waals surface area contributed by atoms with Crippen molar-refractivity contribution in [3.05, 3.63) is 11.8 Å². The molecular weight excluding hydrogens is 198 g/mol. The highest BCUT2D eigenvalue weighted by atomic mass is 16.6. The highest BCUT2D eigenvalue weighted by Crippen LogP contribution is 2.25. The molecule has 1 fully saturated rings. The fourth-order valence-corrected chi connectivity index (χ4v) is 1.92. The van der Waals surface area contributed by atoms with E-state index in [9.17, 15) is 5.11 Å². The third-order valence-corrected chi connectivity index (χ3v) is 2.71. The average Bonchev–Trinajstić information content (AvgIpc) is 2.60. The standard InChI is InChI=1S/C10H17NO4/c1-7-3-11(6-14-5-7)10-2-8(13)9(4-12)15-10/h3,8-10,12-13H,2,4-6H2,1H3/t8?,9?,10-/m1/s1. The molecule has 15 heavy (non-hydrogen) atoms. The summed E-state index contributed by atoms with van der Waals surface area (Å²) in [4.78, 5) is 1.91. The number of hydrogen-bond donors (Lipinski definition) is 2. The maximum atomic E-state index is 9.58. The van der Waals surface area contributed by atoms with Crippen LogP contribution < -0.4 is 0 Å². The molecule has 0 bridgehead atoms. The number of ether oxygens (including phenoxy) is 2. The Kier molecular flexibility index (Phi) is 3.25. The zero-order chi connectivity index (χ0) is 10.8. The SMILES string of the molecule is CC1=CN([C@H]2CC(O)C(CO)O2)COC1. The molecule has 2 rings (SSSR count). The summed E-state index contributed by atoms with van der Waals surface area (Å²) in [7, 11) is 0. The van der Waals surface area contributed by atoms with Gasteiger partial charge in [0, 0.05) is 12.6 Å². The first kappa shape index (κ1) is 10.9. The van der Waals surface area contributed by atoms with Crippen LogP contribution in [0.3, 0.4) is 0 Å². The minimum atomic E-state index is -0.587. The van der Waals surface area contributed by atoms with E-state index in [1.807, 2.05) is 18.0 Å². The summed E-state index contributed by atoms with van der Waals surface area (Å²) >= 11 is 0. The molecule has 0 radical (unpaired) electrons. The Morgan fingerprint density at radius 3 is 3.00 bits per heavy atom. The molecule has 5 nitrogen and oxygen atoms in total. The van der Waals surface area contributed by atoms with Crippen LogP contribution in [0.15, 0.2) is 11.8 Å². The van der Waals surface area contributed by atoms with Crippen LogP contribution in [0, 0.1) is 0 Å². The second-order valence-electron chi connectivity index (χ2n) is 4.08. The Labute approximate surface area is 88.9 Å². The van der Waals surface area contributed by atoms with Crippen LogP contribution >= 0.6 is 0 Å². The van der Waals surface area contributed by atoms with Gasteiger partial charge in [0.05, 0.1) is 19.3 Å². The van der Waals surface area contributed by atoms with Crippen molar-refractivity contribution in [3.63, 3.8) is 0 Å². The summed E-state index contributed by atoms with van der Waals surface area (Å²) in [6.07, 6.45) is 1.26.